The van der Waals surface area contributed by atoms with Crippen LogP contribution in [0.5, 0.6) is 0 Å². The fraction of sp³-hybridized carbons (Fsp3) is 0.857. The first-order valence-electron chi connectivity index (χ1n) is 13.1. The molecule has 3 fully saturated rings. The Bertz CT molecular complexity index is 744. The van der Waals surface area contributed by atoms with Crippen molar-refractivity contribution in [3.63, 3.8) is 0 Å². The van der Waals surface area contributed by atoms with Crippen LogP contribution in [0.15, 0.2) is 12.2 Å². The van der Waals surface area contributed by atoms with E-state index < -0.39 is 0 Å². The van der Waals surface area contributed by atoms with Crippen LogP contribution in [0.2, 0.25) is 0 Å². The van der Waals surface area contributed by atoms with Gasteiger partial charge in [-0.2, -0.15) is 0 Å². The molecule has 32 heavy (non-hydrogen) atoms. The molecule has 0 bridgehead atoms. The van der Waals surface area contributed by atoms with E-state index in [1.807, 2.05) is 0 Å². The predicted molar refractivity (Wildman–Crippen MR) is 126 cm³/mol. The van der Waals surface area contributed by atoms with E-state index in [4.69, 9.17) is 9.47 Å². The van der Waals surface area contributed by atoms with E-state index in [0.717, 1.165) is 43.4 Å². The topological polar surface area (TPSA) is 52.6 Å². The van der Waals surface area contributed by atoms with Crippen molar-refractivity contribution in [1.82, 2.24) is 0 Å². The average Bonchev–Trinajstić information content (AvgIpc) is 3.08. The van der Waals surface area contributed by atoms with Crippen molar-refractivity contribution in [2.75, 3.05) is 6.61 Å². The molecule has 4 rings (SSSR count). The molecule has 4 heteroatoms. The summed E-state index contributed by atoms with van der Waals surface area (Å²) < 4.78 is 10.8. The van der Waals surface area contributed by atoms with Crippen LogP contribution in [-0.2, 0) is 19.1 Å². The van der Waals surface area contributed by atoms with Gasteiger partial charge in [-0.1, -0.05) is 32.9 Å². The smallest absolute Gasteiger partial charge is 0.302 e. The standard InChI is InChI=1S/C28H44O4/c1-18(7-6-16-31-19(2)29)24-10-11-25-23-9-8-21-17-22(32-20(3)30)12-14-27(21,4)26(23)13-15-28(24,25)5/h13,15,18,21-26H,6-12,14,16-17H2,1-5H3/t18-,21+,22-,23?,24?,25?,26?,27?,28?/m1/s1. The van der Waals surface area contributed by atoms with E-state index in [0.29, 0.717) is 35.2 Å². The van der Waals surface area contributed by atoms with Crippen molar-refractivity contribution in [3.05, 3.63) is 12.2 Å². The number of hydrogen-bond acceptors (Lipinski definition) is 4. The minimum absolute atomic E-state index is 0.125. The van der Waals surface area contributed by atoms with Gasteiger partial charge in [0.2, 0.25) is 0 Å². The molecule has 0 radical (unpaired) electrons. The number of fused-ring (bicyclic) bond motifs is 5. The van der Waals surface area contributed by atoms with Crippen LogP contribution in [0.3, 0.4) is 0 Å². The van der Waals surface area contributed by atoms with Crippen LogP contribution in [-0.4, -0.2) is 24.6 Å². The Balaban J connectivity index is 1.45. The summed E-state index contributed by atoms with van der Waals surface area (Å²) in [6.45, 7) is 11.1. The molecule has 0 N–H and O–H groups in total. The third-order valence-electron chi connectivity index (χ3n) is 10.3. The molecule has 4 aliphatic carbocycles. The Hall–Kier alpha value is -1.32. The van der Waals surface area contributed by atoms with E-state index in [2.05, 4.69) is 32.9 Å². The Morgan fingerprint density at radius 3 is 2.56 bits per heavy atom. The van der Waals surface area contributed by atoms with Crippen molar-refractivity contribution in [1.29, 1.82) is 0 Å². The molecule has 0 aromatic carbocycles. The molecule has 0 saturated heterocycles. The van der Waals surface area contributed by atoms with E-state index in [1.165, 1.54) is 39.0 Å². The van der Waals surface area contributed by atoms with Gasteiger partial charge in [-0.3, -0.25) is 9.59 Å². The van der Waals surface area contributed by atoms with Gasteiger partial charge in [-0.15, -0.1) is 0 Å². The highest BCUT2D eigenvalue weighted by Gasteiger charge is 2.58. The molecule has 0 aromatic heterocycles. The van der Waals surface area contributed by atoms with Gasteiger partial charge in [-0.05, 0) is 104 Å². The third kappa shape index (κ3) is 4.28. The SMILES string of the molecule is CC(=O)OCCC[C@@H](C)C1CCC2C3CC[C@H]4C[C@H](OC(C)=O)CCC4(C)C3C=CC21C. The molecule has 0 aliphatic heterocycles. The number of carbonyl (C=O) groups is 2. The second kappa shape index (κ2) is 9.14. The minimum atomic E-state index is -0.169. The zero-order valence-corrected chi connectivity index (χ0v) is 20.9. The fourth-order valence-electron chi connectivity index (χ4n) is 8.69. The van der Waals surface area contributed by atoms with Crippen LogP contribution in [0.1, 0.15) is 92.4 Å². The summed E-state index contributed by atoms with van der Waals surface area (Å²) in [4.78, 5) is 22.5. The van der Waals surface area contributed by atoms with Crippen LogP contribution in [0.25, 0.3) is 0 Å². The van der Waals surface area contributed by atoms with Crippen molar-refractivity contribution in [3.8, 4) is 0 Å². The lowest BCUT2D eigenvalue weighted by atomic mass is 9.46. The van der Waals surface area contributed by atoms with Crippen LogP contribution in [0.4, 0.5) is 0 Å². The lowest BCUT2D eigenvalue weighted by molar-refractivity contribution is -0.154. The molecule has 4 nitrogen and oxygen atoms in total. The monoisotopic (exact) mass is 444 g/mol. The molecule has 0 amide bonds. The zero-order valence-electron chi connectivity index (χ0n) is 20.9. The minimum Gasteiger partial charge on any atom is -0.466 e. The lowest BCUT2D eigenvalue weighted by Gasteiger charge is -2.59. The van der Waals surface area contributed by atoms with Crippen molar-refractivity contribution in [2.24, 2.45) is 46.3 Å². The van der Waals surface area contributed by atoms with Crippen molar-refractivity contribution >= 4 is 11.9 Å². The molecular formula is C28H44O4. The van der Waals surface area contributed by atoms with Crippen LogP contribution in [0, 0.1) is 46.3 Å². The highest BCUT2D eigenvalue weighted by atomic mass is 16.5. The zero-order chi connectivity index (χ0) is 23.1. The Labute approximate surface area is 194 Å². The summed E-state index contributed by atoms with van der Waals surface area (Å²) >= 11 is 0. The largest absolute Gasteiger partial charge is 0.466 e. The van der Waals surface area contributed by atoms with Gasteiger partial charge >= 0.3 is 11.9 Å². The lowest BCUT2D eigenvalue weighted by Crippen LogP contribution is -2.52. The van der Waals surface area contributed by atoms with Gasteiger partial charge in [0.15, 0.2) is 0 Å². The molecular weight excluding hydrogens is 400 g/mol. The third-order valence-corrected chi connectivity index (χ3v) is 10.3. The van der Waals surface area contributed by atoms with Gasteiger partial charge in [0.05, 0.1) is 6.61 Å². The van der Waals surface area contributed by atoms with Crippen molar-refractivity contribution < 1.29 is 19.1 Å². The highest BCUT2D eigenvalue weighted by molar-refractivity contribution is 5.66. The first kappa shape index (κ1) is 23.8. The molecule has 9 atom stereocenters. The molecule has 180 valence electrons. The normalized spacial score (nSPS) is 43.5. The fourth-order valence-corrected chi connectivity index (χ4v) is 8.69. The Kier molecular flexibility index (Phi) is 6.81. The second-order valence-electron chi connectivity index (χ2n) is 12.0. The maximum Gasteiger partial charge on any atom is 0.302 e. The van der Waals surface area contributed by atoms with E-state index in [-0.39, 0.29) is 18.0 Å². The van der Waals surface area contributed by atoms with E-state index in [9.17, 15) is 9.59 Å². The molecule has 3 saturated carbocycles. The maximum absolute atomic E-state index is 11.5. The van der Waals surface area contributed by atoms with Gasteiger partial charge in [0.25, 0.3) is 0 Å². The number of ether oxygens (including phenoxy) is 2. The van der Waals surface area contributed by atoms with Crippen LogP contribution >= 0.6 is 0 Å². The summed E-state index contributed by atoms with van der Waals surface area (Å²) in [6.07, 6.45) is 16.1. The van der Waals surface area contributed by atoms with Gasteiger partial charge < -0.3 is 9.47 Å². The predicted octanol–water partition coefficient (Wildman–Crippen LogP) is 6.33. The molecule has 4 aliphatic rings. The number of allylic oxidation sites excluding steroid dienone is 2. The Morgan fingerprint density at radius 1 is 1.06 bits per heavy atom. The summed E-state index contributed by atoms with van der Waals surface area (Å²) in [7, 11) is 0. The molecule has 0 spiro atoms. The summed E-state index contributed by atoms with van der Waals surface area (Å²) in [5, 5.41) is 0. The van der Waals surface area contributed by atoms with Crippen LogP contribution < -0.4 is 0 Å². The maximum atomic E-state index is 11.5. The van der Waals surface area contributed by atoms with Gasteiger partial charge in [-0.25, -0.2) is 0 Å². The second-order valence-corrected chi connectivity index (χ2v) is 12.0. The average molecular weight is 445 g/mol. The Morgan fingerprint density at radius 2 is 1.84 bits per heavy atom. The molecule has 0 heterocycles. The summed E-state index contributed by atoms with van der Waals surface area (Å²) in [5.74, 6) is 4.04. The first-order valence-corrected chi connectivity index (χ1v) is 13.1. The highest BCUT2D eigenvalue weighted by Crippen LogP contribution is 2.66. The number of rotatable bonds is 6. The summed E-state index contributed by atoms with van der Waals surface area (Å²) in [6, 6.07) is 0. The first-order chi connectivity index (χ1) is 15.1. The number of esters is 2. The molecule has 6 unspecified atom stereocenters. The summed E-state index contributed by atoms with van der Waals surface area (Å²) in [5.41, 5.74) is 0.658. The quantitative estimate of drug-likeness (QED) is 0.273. The van der Waals surface area contributed by atoms with Gasteiger partial charge in [0.1, 0.15) is 6.10 Å². The van der Waals surface area contributed by atoms with Crippen molar-refractivity contribution in [2.45, 2.75) is 98.5 Å². The molecule has 0 aromatic rings. The van der Waals surface area contributed by atoms with E-state index >= 15 is 0 Å². The number of hydrogen-bond donors (Lipinski definition) is 0. The number of carbonyl (C=O) groups excluding carboxylic acids is 2. The van der Waals surface area contributed by atoms with E-state index in [1.54, 1.807) is 6.92 Å². The van der Waals surface area contributed by atoms with Gasteiger partial charge in [0, 0.05) is 13.8 Å².